The van der Waals surface area contributed by atoms with E-state index in [4.69, 9.17) is 4.74 Å². The standard InChI is InChI=1S/C11H12BrNO3/c1-2-16-11(15)9(12)10(14)13-8-6-4-3-5-7-8/h3-7,9H,2H2,1H3,(H,13,14). The summed E-state index contributed by atoms with van der Waals surface area (Å²) in [6, 6.07) is 8.91. The Morgan fingerprint density at radius 1 is 1.38 bits per heavy atom. The molecule has 1 unspecified atom stereocenters. The molecule has 1 amide bonds. The van der Waals surface area contributed by atoms with Crippen LogP contribution in [0.25, 0.3) is 0 Å². The number of carbonyl (C=O) groups is 2. The number of ether oxygens (including phenoxy) is 1. The van der Waals surface area contributed by atoms with Gasteiger partial charge in [-0.15, -0.1) is 0 Å². The lowest BCUT2D eigenvalue weighted by atomic mass is 10.3. The van der Waals surface area contributed by atoms with Gasteiger partial charge in [0.15, 0.2) is 4.83 Å². The van der Waals surface area contributed by atoms with Crippen molar-refractivity contribution in [1.82, 2.24) is 0 Å². The molecule has 0 saturated heterocycles. The van der Waals surface area contributed by atoms with E-state index in [1.54, 1.807) is 31.2 Å². The second-order valence-electron chi connectivity index (χ2n) is 2.97. The third-order valence-corrected chi connectivity index (χ3v) is 2.55. The zero-order valence-corrected chi connectivity index (χ0v) is 10.4. The summed E-state index contributed by atoms with van der Waals surface area (Å²) in [6.45, 7) is 1.94. The molecule has 1 aromatic carbocycles. The summed E-state index contributed by atoms with van der Waals surface area (Å²) in [5, 5.41) is 2.59. The van der Waals surface area contributed by atoms with Gasteiger partial charge in [-0.2, -0.15) is 0 Å². The normalized spacial score (nSPS) is 11.6. The Hall–Kier alpha value is -1.36. The highest BCUT2D eigenvalue weighted by Crippen LogP contribution is 2.09. The fraction of sp³-hybridized carbons (Fsp3) is 0.273. The minimum absolute atomic E-state index is 0.250. The van der Waals surface area contributed by atoms with E-state index in [2.05, 4.69) is 21.2 Å². The number of halogens is 1. The second-order valence-corrected chi connectivity index (χ2v) is 3.89. The highest BCUT2D eigenvalue weighted by Gasteiger charge is 2.24. The molecule has 0 aliphatic rings. The number of para-hydroxylation sites is 1. The van der Waals surface area contributed by atoms with E-state index < -0.39 is 16.7 Å². The third-order valence-electron chi connectivity index (χ3n) is 1.77. The first-order chi connectivity index (χ1) is 7.65. The average molecular weight is 286 g/mol. The number of anilines is 1. The number of hydrogen-bond donors (Lipinski definition) is 1. The maximum absolute atomic E-state index is 11.6. The molecule has 0 radical (unpaired) electrons. The second kappa shape index (κ2) is 6.27. The predicted octanol–water partition coefficient (Wildman–Crippen LogP) is 1.95. The molecule has 0 aromatic heterocycles. The quantitative estimate of drug-likeness (QED) is 0.523. The third kappa shape index (κ3) is 3.66. The lowest BCUT2D eigenvalue weighted by Gasteiger charge is -2.09. The SMILES string of the molecule is CCOC(=O)C(Br)C(=O)Nc1ccccc1. The number of alkyl halides is 1. The van der Waals surface area contributed by atoms with Crippen LogP contribution in [0.5, 0.6) is 0 Å². The molecule has 86 valence electrons. The van der Waals surface area contributed by atoms with Gasteiger partial charge in [0.1, 0.15) is 0 Å². The first-order valence-corrected chi connectivity index (χ1v) is 5.73. The highest BCUT2D eigenvalue weighted by atomic mass is 79.9. The van der Waals surface area contributed by atoms with Crippen LogP contribution in [0.1, 0.15) is 6.92 Å². The van der Waals surface area contributed by atoms with Crippen molar-refractivity contribution < 1.29 is 14.3 Å². The summed E-state index contributed by atoms with van der Waals surface area (Å²) >= 11 is 2.98. The summed E-state index contributed by atoms with van der Waals surface area (Å²) in [4.78, 5) is 21.8. The van der Waals surface area contributed by atoms with E-state index in [0.717, 1.165) is 0 Å². The molecule has 1 N–H and O–H groups in total. The minimum Gasteiger partial charge on any atom is -0.465 e. The van der Waals surface area contributed by atoms with Crippen molar-refractivity contribution in [2.75, 3.05) is 11.9 Å². The summed E-state index contributed by atoms with van der Waals surface area (Å²) < 4.78 is 4.72. The lowest BCUT2D eigenvalue weighted by Crippen LogP contribution is -2.31. The van der Waals surface area contributed by atoms with E-state index in [0.29, 0.717) is 5.69 Å². The molecule has 0 aliphatic carbocycles. The Kier molecular flexibility index (Phi) is 4.98. The van der Waals surface area contributed by atoms with Crippen LogP contribution in [0.3, 0.4) is 0 Å². The van der Waals surface area contributed by atoms with Crippen molar-refractivity contribution in [3.63, 3.8) is 0 Å². The Morgan fingerprint density at radius 2 is 2.00 bits per heavy atom. The van der Waals surface area contributed by atoms with Gasteiger partial charge in [0.25, 0.3) is 0 Å². The van der Waals surface area contributed by atoms with Gasteiger partial charge in [0.2, 0.25) is 5.91 Å². The summed E-state index contributed by atoms with van der Waals surface area (Å²) in [5.74, 6) is -1.03. The van der Waals surface area contributed by atoms with E-state index in [1.807, 2.05) is 6.07 Å². The molecule has 0 fully saturated rings. The number of esters is 1. The summed E-state index contributed by atoms with van der Waals surface area (Å²) in [7, 11) is 0. The van der Waals surface area contributed by atoms with Gasteiger partial charge in [-0.25, -0.2) is 0 Å². The van der Waals surface area contributed by atoms with Gasteiger partial charge in [-0.1, -0.05) is 34.1 Å². The molecular formula is C11H12BrNO3. The zero-order chi connectivity index (χ0) is 12.0. The molecule has 0 aliphatic heterocycles. The van der Waals surface area contributed by atoms with Crippen LogP contribution in [-0.2, 0) is 14.3 Å². The molecule has 0 bridgehead atoms. The van der Waals surface area contributed by atoms with Gasteiger partial charge in [0.05, 0.1) is 6.61 Å². The molecule has 1 aromatic rings. The average Bonchev–Trinajstić information content (AvgIpc) is 2.29. The Bertz CT molecular complexity index is 367. The number of hydrogen-bond acceptors (Lipinski definition) is 3. The number of benzene rings is 1. The summed E-state index contributed by atoms with van der Waals surface area (Å²) in [5.41, 5.74) is 0.640. The first kappa shape index (κ1) is 12.7. The smallest absolute Gasteiger partial charge is 0.329 e. The van der Waals surface area contributed by atoms with Crippen molar-refractivity contribution in [1.29, 1.82) is 0 Å². The van der Waals surface area contributed by atoms with Crippen LogP contribution in [0.2, 0.25) is 0 Å². The van der Waals surface area contributed by atoms with E-state index in [1.165, 1.54) is 0 Å². The topological polar surface area (TPSA) is 55.4 Å². The molecule has 0 spiro atoms. The molecule has 5 heteroatoms. The maximum atomic E-state index is 11.6. The fourth-order valence-corrected chi connectivity index (χ4v) is 1.30. The van der Waals surface area contributed by atoms with Crippen LogP contribution < -0.4 is 5.32 Å². The van der Waals surface area contributed by atoms with Crippen LogP contribution in [0.15, 0.2) is 30.3 Å². The molecule has 4 nitrogen and oxygen atoms in total. The van der Waals surface area contributed by atoms with Gasteiger partial charge in [-0.05, 0) is 19.1 Å². The number of carbonyl (C=O) groups excluding carboxylic acids is 2. The van der Waals surface area contributed by atoms with Crippen molar-refractivity contribution in [3.8, 4) is 0 Å². The van der Waals surface area contributed by atoms with E-state index in [9.17, 15) is 9.59 Å². The van der Waals surface area contributed by atoms with Crippen molar-refractivity contribution in [2.24, 2.45) is 0 Å². The lowest BCUT2D eigenvalue weighted by molar-refractivity contribution is -0.144. The molecule has 1 atom stereocenters. The number of amides is 1. The van der Waals surface area contributed by atoms with Crippen molar-refractivity contribution in [3.05, 3.63) is 30.3 Å². The Labute approximate surface area is 102 Å². The van der Waals surface area contributed by atoms with Crippen molar-refractivity contribution >= 4 is 33.5 Å². The fourth-order valence-electron chi connectivity index (χ4n) is 1.05. The van der Waals surface area contributed by atoms with Gasteiger partial charge in [-0.3, -0.25) is 9.59 Å². The van der Waals surface area contributed by atoms with E-state index >= 15 is 0 Å². The van der Waals surface area contributed by atoms with E-state index in [-0.39, 0.29) is 6.61 Å². The monoisotopic (exact) mass is 285 g/mol. The number of rotatable bonds is 4. The van der Waals surface area contributed by atoms with Crippen LogP contribution in [0.4, 0.5) is 5.69 Å². The largest absolute Gasteiger partial charge is 0.465 e. The molecule has 16 heavy (non-hydrogen) atoms. The van der Waals surface area contributed by atoms with Gasteiger partial charge in [0, 0.05) is 5.69 Å². The highest BCUT2D eigenvalue weighted by molar-refractivity contribution is 9.10. The Morgan fingerprint density at radius 3 is 2.56 bits per heavy atom. The van der Waals surface area contributed by atoms with Crippen LogP contribution in [-0.4, -0.2) is 23.3 Å². The molecule has 1 rings (SSSR count). The molecular weight excluding hydrogens is 274 g/mol. The predicted molar refractivity (Wildman–Crippen MR) is 64.4 cm³/mol. The Balaban J connectivity index is 2.56. The zero-order valence-electron chi connectivity index (χ0n) is 8.77. The van der Waals surface area contributed by atoms with Crippen LogP contribution in [0, 0.1) is 0 Å². The molecule has 0 heterocycles. The maximum Gasteiger partial charge on any atom is 0.329 e. The summed E-state index contributed by atoms with van der Waals surface area (Å²) in [6.07, 6.45) is 0. The molecule has 0 saturated carbocycles. The van der Waals surface area contributed by atoms with Crippen LogP contribution >= 0.6 is 15.9 Å². The first-order valence-electron chi connectivity index (χ1n) is 4.81. The number of nitrogens with one attached hydrogen (secondary N) is 1. The minimum atomic E-state index is -0.979. The van der Waals surface area contributed by atoms with Gasteiger partial charge < -0.3 is 10.1 Å². The van der Waals surface area contributed by atoms with Gasteiger partial charge >= 0.3 is 5.97 Å². The van der Waals surface area contributed by atoms with Crippen molar-refractivity contribution in [2.45, 2.75) is 11.8 Å².